The minimum Gasteiger partial charge on any atom is -0.504 e. The first-order valence-corrected chi connectivity index (χ1v) is 13.0. The lowest BCUT2D eigenvalue weighted by atomic mass is 9.49. The highest BCUT2D eigenvalue weighted by Gasteiger charge is 2.72. The van der Waals surface area contributed by atoms with Crippen LogP contribution >= 0.6 is 0 Å². The van der Waals surface area contributed by atoms with Crippen LogP contribution in [0.5, 0.6) is 11.5 Å². The Morgan fingerprint density at radius 3 is 2.85 bits per heavy atom. The molecule has 1 saturated carbocycles. The van der Waals surface area contributed by atoms with Gasteiger partial charge in [-0.05, 0) is 79.0 Å². The number of rotatable bonds is 3. The van der Waals surface area contributed by atoms with Crippen molar-refractivity contribution in [1.29, 1.82) is 0 Å². The summed E-state index contributed by atoms with van der Waals surface area (Å²) < 4.78 is 6.68. The molecule has 5 nitrogen and oxygen atoms in total. The number of hydrogen-bond donors (Lipinski definition) is 3. The molecule has 176 valence electrons. The van der Waals surface area contributed by atoms with Crippen LogP contribution in [-0.2, 0) is 18.3 Å². The number of H-pyrrole nitrogens is 1. The lowest BCUT2D eigenvalue weighted by Gasteiger charge is -2.62. The predicted molar refractivity (Wildman–Crippen MR) is 131 cm³/mol. The van der Waals surface area contributed by atoms with Crippen LogP contribution < -0.4 is 4.74 Å². The number of hydrogen-bond acceptors (Lipinski definition) is 4. The lowest BCUT2D eigenvalue weighted by molar-refractivity contribution is -0.173. The number of aromatic amines is 1. The first-order valence-electron chi connectivity index (χ1n) is 13.0. The SMILES string of the molecule is CC(C)c1ccc2[nH]c3c(c2c1)C[C@@]1(O)[C@H]2Cc4ccc(O)c5c4[C@@]1(CCN2CC1CC1)[C@H]3O5. The van der Waals surface area contributed by atoms with Crippen molar-refractivity contribution in [2.45, 2.75) is 75.0 Å². The molecule has 0 unspecified atom stereocenters. The van der Waals surface area contributed by atoms with Gasteiger partial charge in [-0.1, -0.05) is 26.0 Å². The summed E-state index contributed by atoms with van der Waals surface area (Å²) in [4.78, 5) is 6.30. The number of phenols is 1. The molecule has 0 radical (unpaired) electrons. The molecule has 3 aliphatic carbocycles. The van der Waals surface area contributed by atoms with Gasteiger partial charge in [0.1, 0.15) is 0 Å². The molecule has 5 aliphatic rings. The molecule has 2 aromatic carbocycles. The fraction of sp³-hybridized carbons (Fsp3) is 0.517. The number of phenolic OH excluding ortho intramolecular Hbond substituents is 1. The van der Waals surface area contributed by atoms with Gasteiger partial charge in [0.05, 0.1) is 16.7 Å². The number of likely N-dealkylation sites (tertiary alicyclic amines) is 1. The van der Waals surface area contributed by atoms with Gasteiger partial charge in [0.15, 0.2) is 17.6 Å². The molecular formula is C29H32N2O3. The minimum atomic E-state index is -0.924. The number of nitrogens with zero attached hydrogens (tertiary/aromatic N) is 1. The van der Waals surface area contributed by atoms with Gasteiger partial charge in [0.25, 0.3) is 0 Å². The molecule has 4 atom stereocenters. The second-order valence-corrected chi connectivity index (χ2v) is 11.9. The standard InChI is InChI=1S/C29H32N2O3/c1-15(2)17-5-7-21-19(11-17)20-13-29(33)23-12-18-6-8-22(32)26-24(18)28(29,27(34-26)25(20)30-21)9-10-31(23)14-16-3-4-16/h5-8,11,15-16,23,27,30,32-33H,3-4,9-10,12-14H2,1-2H3/t23-,27+,28+,29-/m1/s1. The average molecular weight is 457 g/mol. The first kappa shape index (κ1) is 19.8. The van der Waals surface area contributed by atoms with Gasteiger partial charge in [0.2, 0.25) is 0 Å². The Hall–Kier alpha value is -2.50. The van der Waals surface area contributed by atoms with Crippen LogP contribution in [0.1, 0.15) is 73.1 Å². The van der Waals surface area contributed by atoms with Crippen LogP contribution in [0.2, 0.25) is 0 Å². The van der Waals surface area contributed by atoms with E-state index in [2.05, 4.69) is 48.0 Å². The Morgan fingerprint density at radius 2 is 2.06 bits per heavy atom. The fourth-order valence-corrected chi connectivity index (χ4v) is 8.00. The van der Waals surface area contributed by atoms with Crippen molar-refractivity contribution in [3.63, 3.8) is 0 Å². The average Bonchev–Trinajstić information content (AvgIpc) is 3.45. The number of piperidine rings is 1. The minimum absolute atomic E-state index is 0.0716. The van der Waals surface area contributed by atoms with Crippen LogP contribution in [0.3, 0.4) is 0 Å². The summed E-state index contributed by atoms with van der Waals surface area (Å²) >= 11 is 0. The highest BCUT2D eigenvalue weighted by Crippen LogP contribution is 2.69. The summed E-state index contributed by atoms with van der Waals surface area (Å²) in [7, 11) is 0. The quantitative estimate of drug-likeness (QED) is 0.535. The van der Waals surface area contributed by atoms with Crippen LogP contribution in [-0.4, -0.2) is 44.8 Å². The summed E-state index contributed by atoms with van der Waals surface area (Å²) in [6.45, 7) is 6.52. The number of aliphatic hydroxyl groups is 1. The summed E-state index contributed by atoms with van der Waals surface area (Å²) in [6.07, 6.45) is 4.63. The molecule has 5 heteroatoms. The Balaban J connectivity index is 1.39. The molecule has 1 spiro atoms. The molecule has 2 bridgehead atoms. The van der Waals surface area contributed by atoms with Crippen molar-refractivity contribution in [1.82, 2.24) is 9.88 Å². The van der Waals surface area contributed by atoms with E-state index < -0.39 is 11.0 Å². The fourth-order valence-electron chi connectivity index (χ4n) is 8.00. The molecule has 3 aromatic rings. The highest BCUT2D eigenvalue weighted by molar-refractivity contribution is 5.87. The number of aromatic nitrogens is 1. The van der Waals surface area contributed by atoms with Crippen molar-refractivity contribution in [2.75, 3.05) is 13.1 Å². The molecule has 8 rings (SSSR count). The van der Waals surface area contributed by atoms with E-state index in [1.54, 1.807) is 6.07 Å². The van der Waals surface area contributed by atoms with E-state index in [1.165, 1.54) is 34.9 Å². The topological polar surface area (TPSA) is 68.7 Å². The largest absolute Gasteiger partial charge is 0.504 e. The second-order valence-electron chi connectivity index (χ2n) is 11.9. The molecule has 3 heterocycles. The normalized spacial score (nSPS) is 33.2. The van der Waals surface area contributed by atoms with E-state index >= 15 is 0 Å². The maximum Gasteiger partial charge on any atom is 0.166 e. The van der Waals surface area contributed by atoms with Crippen molar-refractivity contribution in [3.8, 4) is 11.5 Å². The Bertz CT molecular complexity index is 1370. The zero-order valence-electron chi connectivity index (χ0n) is 19.9. The molecule has 2 aliphatic heterocycles. The second kappa shape index (κ2) is 6.19. The Kier molecular flexibility index (Phi) is 3.60. The van der Waals surface area contributed by atoms with Crippen LogP contribution in [0.15, 0.2) is 30.3 Å². The van der Waals surface area contributed by atoms with Gasteiger partial charge in [-0.15, -0.1) is 0 Å². The monoisotopic (exact) mass is 456 g/mol. The van der Waals surface area contributed by atoms with E-state index in [4.69, 9.17) is 4.74 Å². The van der Waals surface area contributed by atoms with Gasteiger partial charge in [-0.25, -0.2) is 0 Å². The number of benzene rings is 2. The number of aromatic hydroxyl groups is 1. The third kappa shape index (κ3) is 2.19. The lowest BCUT2D eigenvalue weighted by Crippen LogP contribution is -2.74. The molecular weight excluding hydrogens is 424 g/mol. The molecule has 1 saturated heterocycles. The highest BCUT2D eigenvalue weighted by atomic mass is 16.5. The smallest absolute Gasteiger partial charge is 0.166 e. The molecule has 34 heavy (non-hydrogen) atoms. The van der Waals surface area contributed by atoms with Gasteiger partial charge < -0.3 is 19.9 Å². The maximum atomic E-state index is 12.9. The molecule has 3 N–H and O–H groups in total. The zero-order valence-corrected chi connectivity index (χ0v) is 19.9. The summed E-state index contributed by atoms with van der Waals surface area (Å²) in [6, 6.07) is 10.6. The van der Waals surface area contributed by atoms with Crippen molar-refractivity contribution < 1.29 is 14.9 Å². The van der Waals surface area contributed by atoms with Gasteiger partial charge in [0, 0.05) is 35.5 Å². The third-order valence-electron chi connectivity index (χ3n) is 9.85. The summed E-state index contributed by atoms with van der Waals surface area (Å²) in [5.41, 5.74) is 5.61. The van der Waals surface area contributed by atoms with Gasteiger partial charge in [-0.3, -0.25) is 4.90 Å². The Morgan fingerprint density at radius 1 is 1.21 bits per heavy atom. The predicted octanol–water partition coefficient (Wildman–Crippen LogP) is 4.70. The van der Waals surface area contributed by atoms with Crippen molar-refractivity contribution in [2.24, 2.45) is 5.92 Å². The van der Waals surface area contributed by atoms with Crippen molar-refractivity contribution in [3.05, 3.63) is 58.3 Å². The van der Waals surface area contributed by atoms with Crippen LogP contribution in [0.4, 0.5) is 0 Å². The van der Waals surface area contributed by atoms with E-state index in [0.29, 0.717) is 18.1 Å². The maximum absolute atomic E-state index is 12.9. The first-order chi connectivity index (χ1) is 16.4. The summed E-state index contributed by atoms with van der Waals surface area (Å²) in [5.74, 6) is 2.03. The number of nitrogens with one attached hydrogen (secondary N) is 1. The molecule has 2 fully saturated rings. The Labute approximate surface area is 199 Å². The van der Waals surface area contributed by atoms with Crippen molar-refractivity contribution >= 4 is 10.9 Å². The van der Waals surface area contributed by atoms with E-state index in [0.717, 1.165) is 48.6 Å². The molecule has 1 aromatic heterocycles. The van der Waals surface area contributed by atoms with Gasteiger partial charge >= 0.3 is 0 Å². The van der Waals surface area contributed by atoms with Crippen LogP contribution in [0, 0.1) is 5.92 Å². The number of fused-ring (bicyclic) bond motifs is 4. The zero-order chi connectivity index (χ0) is 23.0. The number of ether oxygens (including phenoxy) is 1. The van der Waals surface area contributed by atoms with Gasteiger partial charge in [-0.2, -0.15) is 0 Å². The summed E-state index contributed by atoms with van der Waals surface area (Å²) in [5, 5.41) is 24.9. The molecule has 0 amide bonds. The third-order valence-corrected chi connectivity index (χ3v) is 9.85. The van der Waals surface area contributed by atoms with Crippen LogP contribution in [0.25, 0.3) is 10.9 Å². The van der Waals surface area contributed by atoms with E-state index in [9.17, 15) is 10.2 Å². The van der Waals surface area contributed by atoms with E-state index in [1.807, 2.05) is 0 Å². The van der Waals surface area contributed by atoms with E-state index in [-0.39, 0.29) is 17.9 Å².